The van der Waals surface area contributed by atoms with Gasteiger partial charge in [-0.2, -0.15) is 0 Å². The molecule has 0 aliphatic carbocycles. The average molecular weight is 272 g/mol. The molecule has 102 valence electrons. The van der Waals surface area contributed by atoms with E-state index in [2.05, 4.69) is 0 Å². The Morgan fingerprint density at radius 2 is 1.70 bits per heavy atom. The van der Waals surface area contributed by atoms with Crippen LogP contribution in [0.25, 0.3) is 11.6 Å². The molecule has 0 bridgehead atoms. The maximum atomic E-state index is 12.8. The van der Waals surface area contributed by atoms with Gasteiger partial charge in [-0.25, -0.2) is 9.18 Å². The molecule has 2 aromatic rings. The van der Waals surface area contributed by atoms with Gasteiger partial charge >= 0.3 is 5.97 Å². The fourth-order valence-electron chi connectivity index (χ4n) is 1.76. The summed E-state index contributed by atoms with van der Waals surface area (Å²) in [5.74, 6) is -0.747. The molecular formula is C16H13FO3. The third-order valence-corrected chi connectivity index (χ3v) is 2.81. The Morgan fingerprint density at radius 3 is 2.20 bits per heavy atom. The molecule has 0 aromatic heterocycles. The molecule has 3 nitrogen and oxygen atoms in total. The van der Waals surface area contributed by atoms with Gasteiger partial charge in [0, 0.05) is 0 Å². The van der Waals surface area contributed by atoms with E-state index < -0.39 is 5.97 Å². The first kappa shape index (κ1) is 13.8. The number of benzene rings is 2. The summed E-state index contributed by atoms with van der Waals surface area (Å²) in [7, 11) is 1.54. The predicted molar refractivity (Wildman–Crippen MR) is 74.9 cm³/mol. The monoisotopic (exact) mass is 272 g/mol. The van der Waals surface area contributed by atoms with Crippen molar-refractivity contribution in [3.05, 3.63) is 65.5 Å². The van der Waals surface area contributed by atoms with Crippen molar-refractivity contribution in [3.8, 4) is 5.75 Å². The molecule has 0 aliphatic heterocycles. The number of methoxy groups -OCH3 is 1. The van der Waals surface area contributed by atoms with E-state index in [1.807, 2.05) is 0 Å². The molecule has 2 rings (SSSR count). The molecule has 0 amide bonds. The van der Waals surface area contributed by atoms with Gasteiger partial charge < -0.3 is 9.84 Å². The number of hydrogen-bond donors (Lipinski definition) is 1. The minimum atomic E-state index is -1.04. The Labute approximate surface area is 115 Å². The third kappa shape index (κ3) is 3.23. The van der Waals surface area contributed by atoms with Crippen LogP contribution in [0, 0.1) is 5.82 Å². The van der Waals surface area contributed by atoms with Gasteiger partial charge in [-0.15, -0.1) is 0 Å². The van der Waals surface area contributed by atoms with Crippen LogP contribution in [0.15, 0.2) is 48.5 Å². The molecule has 0 saturated heterocycles. The highest BCUT2D eigenvalue weighted by Gasteiger charge is 2.10. The maximum Gasteiger partial charge on any atom is 0.336 e. The summed E-state index contributed by atoms with van der Waals surface area (Å²) < 4.78 is 17.9. The number of rotatable bonds is 4. The number of aliphatic carboxylic acids is 1. The minimum absolute atomic E-state index is 0.138. The third-order valence-electron chi connectivity index (χ3n) is 2.81. The highest BCUT2D eigenvalue weighted by molar-refractivity contribution is 6.20. The van der Waals surface area contributed by atoms with Crippen molar-refractivity contribution in [1.29, 1.82) is 0 Å². The number of carboxylic acids is 1. The number of carbonyl (C=O) groups is 1. The van der Waals surface area contributed by atoms with Gasteiger partial charge in [0.25, 0.3) is 0 Å². The zero-order valence-corrected chi connectivity index (χ0v) is 10.8. The zero-order valence-electron chi connectivity index (χ0n) is 10.8. The Bertz CT molecular complexity index is 628. The summed E-state index contributed by atoms with van der Waals surface area (Å²) in [6.45, 7) is 0. The SMILES string of the molecule is COc1ccc(/C(=C\c2ccc(F)cc2)C(=O)O)cc1. The van der Waals surface area contributed by atoms with Crippen LogP contribution in [0.4, 0.5) is 4.39 Å². The Balaban J connectivity index is 2.39. The number of carboxylic acid groups (broad SMARTS) is 1. The number of halogens is 1. The van der Waals surface area contributed by atoms with Gasteiger partial charge in [0.2, 0.25) is 0 Å². The van der Waals surface area contributed by atoms with Gasteiger partial charge in [-0.1, -0.05) is 24.3 Å². The van der Waals surface area contributed by atoms with Gasteiger partial charge in [-0.05, 0) is 41.5 Å². The molecule has 0 fully saturated rings. The molecule has 0 saturated carbocycles. The van der Waals surface area contributed by atoms with Crippen LogP contribution in [-0.4, -0.2) is 18.2 Å². The van der Waals surface area contributed by atoms with Crippen molar-refractivity contribution in [1.82, 2.24) is 0 Å². The van der Waals surface area contributed by atoms with Crippen molar-refractivity contribution in [3.63, 3.8) is 0 Å². The largest absolute Gasteiger partial charge is 0.497 e. The Hall–Kier alpha value is -2.62. The van der Waals surface area contributed by atoms with E-state index in [-0.39, 0.29) is 11.4 Å². The first-order chi connectivity index (χ1) is 9.60. The molecule has 0 heterocycles. The maximum absolute atomic E-state index is 12.8. The van der Waals surface area contributed by atoms with Crippen LogP contribution < -0.4 is 4.74 Å². The Morgan fingerprint density at radius 1 is 1.10 bits per heavy atom. The first-order valence-electron chi connectivity index (χ1n) is 5.95. The summed E-state index contributed by atoms with van der Waals surface area (Å²) in [6, 6.07) is 12.4. The standard InChI is InChI=1S/C16H13FO3/c1-20-14-8-4-12(5-9-14)15(16(18)19)10-11-2-6-13(17)7-3-11/h2-10H,1H3,(H,18,19)/b15-10+. The summed E-state index contributed by atoms with van der Waals surface area (Å²) >= 11 is 0. The second-order valence-electron chi connectivity index (χ2n) is 4.14. The van der Waals surface area contributed by atoms with Crippen molar-refractivity contribution in [2.45, 2.75) is 0 Å². The summed E-state index contributed by atoms with van der Waals surface area (Å²) in [5, 5.41) is 9.30. The van der Waals surface area contributed by atoms with E-state index in [9.17, 15) is 14.3 Å². The fourth-order valence-corrected chi connectivity index (χ4v) is 1.76. The van der Waals surface area contributed by atoms with Gasteiger partial charge in [0.15, 0.2) is 0 Å². The quantitative estimate of drug-likeness (QED) is 0.685. The lowest BCUT2D eigenvalue weighted by molar-refractivity contribution is -0.130. The van der Waals surface area contributed by atoms with Crippen LogP contribution in [0.3, 0.4) is 0 Å². The van der Waals surface area contributed by atoms with Crippen LogP contribution in [0.1, 0.15) is 11.1 Å². The molecule has 0 unspecified atom stereocenters. The highest BCUT2D eigenvalue weighted by Crippen LogP contribution is 2.21. The fraction of sp³-hybridized carbons (Fsp3) is 0.0625. The van der Waals surface area contributed by atoms with E-state index in [4.69, 9.17) is 4.74 Å². The normalized spacial score (nSPS) is 11.2. The Kier molecular flexibility index (Phi) is 4.15. The zero-order chi connectivity index (χ0) is 14.5. The lowest BCUT2D eigenvalue weighted by atomic mass is 10.0. The van der Waals surface area contributed by atoms with Gasteiger partial charge in [0.1, 0.15) is 11.6 Å². The van der Waals surface area contributed by atoms with E-state index in [0.29, 0.717) is 16.9 Å². The molecule has 4 heteroatoms. The van der Waals surface area contributed by atoms with Gasteiger partial charge in [-0.3, -0.25) is 0 Å². The second-order valence-corrected chi connectivity index (χ2v) is 4.14. The molecule has 20 heavy (non-hydrogen) atoms. The first-order valence-corrected chi connectivity index (χ1v) is 5.95. The molecule has 0 atom stereocenters. The van der Waals surface area contributed by atoms with Gasteiger partial charge in [0.05, 0.1) is 12.7 Å². The van der Waals surface area contributed by atoms with Crippen LogP contribution in [-0.2, 0) is 4.79 Å². The van der Waals surface area contributed by atoms with E-state index >= 15 is 0 Å². The van der Waals surface area contributed by atoms with Crippen molar-refractivity contribution < 1.29 is 19.0 Å². The van der Waals surface area contributed by atoms with Crippen molar-refractivity contribution in [2.75, 3.05) is 7.11 Å². The minimum Gasteiger partial charge on any atom is -0.497 e. The van der Waals surface area contributed by atoms with Crippen LogP contribution in [0.5, 0.6) is 5.75 Å². The molecule has 0 aliphatic rings. The van der Waals surface area contributed by atoms with E-state index in [1.165, 1.54) is 30.3 Å². The molecule has 2 aromatic carbocycles. The smallest absolute Gasteiger partial charge is 0.336 e. The summed E-state index contributed by atoms with van der Waals surface area (Å²) in [6.07, 6.45) is 1.50. The molecular weight excluding hydrogens is 259 g/mol. The summed E-state index contributed by atoms with van der Waals surface area (Å²) in [4.78, 5) is 11.4. The molecule has 1 N–H and O–H groups in total. The lowest BCUT2D eigenvalue weighted by Crippen LogP contribution is -1.99. The highest BCUT2D eigenvalue weighted by atomic mass is 19.1. The number of ether oxygens (including phenoxy) is 1. The average Bonchev–Trinajstić information content (AvgIpc) is 2.46. The van der Waals surface area contributed by atoms with Crippen molar-refractivity contribution >= 4 is 17.6 Å². The topological polar surface area (TPSA) is 46.5 Å². The van der Waals surface area contributed by atoms with E-state index in [1.54, 1.807) is 31.4 Å². The lowest BCUT2D eigenvalue weighted by Gasteiger charge is -2.05. The second kappa shape index (κ2) is 6.02. The van der Waals surface area contributed by atoms with E-state index in [0.717, 1.165) is 0 Å². The van der Waals surface area contributed by atoms with Crippen molar-refractivity contribution in [2.24, 2.45) is 0 Å². The van der Waals surface area contributed by atoms with Crippen LogP contribution in [0.2, 0.25) is 0 Å². The predicted octanol–water partition coefficient (Wildman–Crippen LogP) is 3.46. The van der Waals surface area contributed by atoms with Crippen LogP contribution >= 0.6 is 0 Å². The molecule has 0 spiro atoms. The number of hydrogen-bond acceptors (Lipinski definition) is 2. The molecule has 0 radical (unpaired) electrons. The summed E-state index contributed by atoms with van der Waals surface area (Å²) in [5.41, 5.74) is 1.32.